The number of ether oxygens (including phenoxy) is 2. The number of hydrogen-bond acceptors (Lipinski definition) is 2. The Labute approximate surface area is 204 Å². The van der Waals surface area contributed by atoms with Gasteiger partial charge in [0.15, 0.2) is 11.5 Å². The van der Waals surface area contributed by atoms with Crippen LogP contribution in [0.5, 0.6) is 11.5 Å². The molecule has 0 radical (unpaired) electrons. The van der Waals surface area contributed by atoms with Crippen LogP contribution in [0.1, 0.15) is 22.3 Å². The molecule has 0 spiro atoms. The van der Waals surface area contributed by atoms with Crippen molar-refractivity contribution in [1.82, 2.24) is 0 Å². The first kappa shape index (κ1) is 21.9. The molecule has 0 amide bonds. The summed E-state index contributed by atoms with van der Waals surface area (Å²) in [6.45, 7) is 4.46. The Morgan fingerprint density at radius 3 is 1.77 bits per heavy atom. The lowest BCUT2D eigenvalue weighted by atomic mass is 9.95. The summed E-state index contributed by atoms with van der Waals surface area (Å²) in [7, 11) is 0. The van der Waals surface area contributed by atoms with E-state index < -0.39 is 0 Å². The highest BCUT2D eigenvalue weighted by Gasteiger charge is 2.35. The summed E-state index contributed by atoms with van der Waals surface area (Å²) < 4.78 is 14.5. The number of nitrogens with zero attached hydrogens (tertiary/aromatic N) is 1. The van der Waals surface area contributed by atoms with Crippen molar-refractivity contribution in [3.8, 4) is 11.5 Å². The van der Waals surface area contributed by atoms with Crippen LogP contribution in [0.15, 0.2) is 69.6 Å². The van der Waals surface area contributed by atoms with Crippen molar-refractivity contribution in [3.05, 3.63) is 91.9 Å². The summed E-state index contributed by atoms with van der Waals surface area (Å²) in [4.78, 5) is 0. The molecule has 0 atom stereocenters. The van der Waals surface area contributed by atoms with E-state index in [1.54, 1.807) is 0 Å². The molecule has 0 fully saturated rings. The van der Waals surface area contributed by atoms with E-state index in [1.165, 1.54) is 22.3 Å². The summed E-state index contributed by atoms with van der Waals surface area (Å²) in [5.41, 5.74) is 5.52. The van der Waals surface area contributed by atoms with Crippen molar-refractivity contribution < 1.29 is 30.9 Å². The average Bonchev–Trinajstić information content (AvgIpc) is 3.17. The Kier molecular flexibility index (Phi) is 6.58. The molecule has 6 heteroatoms. The van der Waals surface area contributed by atoms with Crippen LogP contribution in [0.3, 0.4) is 0 Å². The zero-order valence-corrected chi connectivity index (χ0v) is 21.2. The van der Waals surface area contributed by atoms with E-state index in [-0.39, 0.29) is 17.0 Å². The van der Waals surface area contributed by atoms with Crippen molar-refractivity contribution in [3.63, 3.8) is 0 Å². The van der Waals surface area contributed by atoms with Crippen LogP contribution in [0.4, 0.5) is 0 Å². The predicted octanol–water partition coefficient (Wildman–Crippen LogP) is 3.22. The molecule has 0 unspecified atom stereocenters. The maximum absolute atomic E-state index is 5.66. The molecule has 0 N–H and O–H groups in total. The molecule has 2 aliphatic rings. The molecule has 2 heterocycles. The largest absolute Gasteiger partial charge is 1.00 e. The number of rotatable bonds is 4. The summed E-state index contributed by atoms with van der Waals surface area (Å²) in [6.07, 6.45) is 1.05. The second-order valence-electron chi connectivity index (χ2n) is 8.02. The first-order valence-corrected chi connectivity index (χ1v) is 11.4. The van der Waals surface area contributed by atoms with Gasteiger partial charge in [-0.3, -0.25) is 0 Å². The number of benzene rings is 3. The Morgan fingerprint density at radius 2 is 1.23 bits per heavy atom. The van der Waals surface area contributed by atoms with Gasteiger partial charge in [-0.05, 0) is 42.0 Å². The quantitative estimate of drug-likeness (QED) is 0.432. The van der Waals surface area contributed by atoms with Crippen LogP contribution in [-0.2, 0) is 26.1 Å². The number of halogens is 3. The lowest BCUT2D eigenvalue weighted by Gasteiger charge is -2.42. The number of fused-ring (bicyclic) bond motifs is 2. The second-order valence-corrected chi connectivity index (χ2v) is 9.85. The minimum atomic E-state index is 0. The molecule has 0 aromatic heterocycles. The van der Waals surface area contributed by atoms with Gasteiger partial charge in [0.2, 0.25) is 6.79 Å². The highest BCUT2D eigenvalue weighted by Crippen LogP contribution is 2.39. The fourth-order valence-electron chi connectivity index (χ4n) is 4.48. The van der Waals surface area contributed by atoms with E-state index in [2.05, 4.69) is 92.5 Å². The van der Waals surface area contributed by atoms with Gasteiger partial charge in [0.1, 0.15) is 19.6 Å². The summed E-state index contributed by atoms with van der Waals surface area (Å²) in [6, 6.07) is 21.9. The third-order valence-electron chi connectivity index (χ3n) is 5.92. The van der Waals surface area contributed by atoms with Gasteiger partial charge in [-0.2, -0.15) is 0 Å². The first-order chi connectivity index (χ1) is 14.1. The Balaban J connectivity index is 0.00000218. The zero-order valence-electron chi connectivity index (χ0n) is 16.4. The van der Waals surface area contributed by atoms with E-state index in [9.17, 15) is 0 Å². The van der Waals surface area contributed by atoms with Crippen molar-refractivity contribution in [2.24, 2.45) is 0 Å². The smallest absolute Gasteiger partial charge is 0.231 e. The van der Waals surface area contributed by atoms with Gasteiger partial charge in [-0.25, -0.2) is 0 Å². The van der Waals surface area contributed by atoms with E-state index in [4.69, 9.17) is 9.47 Å². The number of quaternary nitrogens is 1. The van der Waals surface area contributed by atoms with Gasteiger partial charge in [0.05, 0.1) is 6.54 Å². The van der Waals surface area contributed by atoms with Crippen LogP contribution >= 0.6 is 31.9 Å². The minimum absolute atomic E-state index is 0. The maximum Gasteiger partial charge on any atom is 0.231 e. The zero-order chi connectivity index (χ0) is 19.8. The lowest BCUT2D eigenvalue weighted by molar-refractivity contribution is -0.967. The topological polar surface area (TPSA) is 18.5 Å². The molecule has 2 aliphatic heterocycles. The van der Waals surface area contributed by atoms with Gasteiger partial charge >= 0.3 is 0 Å². The molecular formula is C24H22Br3NO2. The minimum Gasteiger partial charge on any atom is -1.00 e. The van der Waals surface area contributed by atoms with Gasteiger partial charge in [0, 0.05) is 32.1 Å². The number of hydrogen-bond donors (Lipinski definition) is 0. The van der Waals surface area contributed by atoms with Crippen LogP contribution in [0.25, 0.3) is 0 Å². The van der Waals surface area contributed by atoms with Crippen LogP contribution < -0.4 is 26.5 Å². The Hall–Kier alpha value is -1.34. The predicted molar refractivity (Wildman–Crippen MR) is 121 cm³/mol. The molecule has 30 heavy (non-hydrogen) atoms. The second kappa shape index (κ2) is 9.03. The lowest BCUT2D eigenvalue weighted by Crippen LogP contribution is -3.00. The first-order valence-electron chi connectivity index (χ1n) is 9.84. The SMILES string of the molecule is Brc1ccc(C[N+]2(Cc3ccc(Br)cc3)CCc3cc4c(cc3C2)OCO4)cc1.[Br-]. The summed E-state index contributed by atoms with van der Waals surface area (Å²) in [5.74, 6) is 1.78. The fourth-order valence-corrected chi connectivity index (χ4v) is 5.01. The molecule has 0 saturated heterocycles. The van der Waals surface area contributed by atoms with Gasteiger partial charge in [-0.15, -0.1) is 0 Å². The molecule has 0 saturated carbocycles. The normalized spacial score (nSPS) is 15.9. The van der Waals surface area contributed by atoms with Crippen molar-refractivity contribution in [2.75, 3.05) is 13.3 Å². The maximum atomic E-state index is 5.66. The van der Waals surface area contributed by atoms with E-state index in [1.807, 2.05) is 0 Å². The van der Waals surface area contributed by atoms with Crippen LogP contribution in [0, 0.1) is 0 Å². The van der Waals surface area contributed by atoms with Gasteiger partial charge < -0.3 is 30.9 Å². The Morgan fingerprint density at radius 1 is 0.733 bits per heavy atom. The monoisotopic (exact) mass is 593 g/mol. The van der Waals surface area contributed by atoms with Crippen molar-refractivity contribution >= 4 is 31.9 Å². The highest BCUT2D eigenvalue weighted by atomic mass is 79.9. The molecule has 3 aromatic rings. The van der Waals surface area contributed by atoms with Crippen LogP contribution in [-0.4, -0.2) is 17.8 Å². The molecule has 3 aromatic carbocycles. The van der Waals surface area contributed by atoms with E-state index in [0.29, 0.717) is 6.79 Å². The molecule has 3 nitrogen and oxygen atoms in total. The standard InChI is InChI=1S/C24H22Br2NO2.BrH/c25-21-5-1-17(2-6-21)13-27(14-18-3-7-22(26)8-4-18)10-9-19-11-23-24(29-16-28-23)12-20(19)15-27;/h1-8,11-12H,9-10,13-16H2;1H/q+1;/p-1. The van der Waals surface area contributed by atoms with Crippen molar-refractivity contribution in [2.45, 2.75) is 26.1 Å². The van der Waals surface area contributed by atoms with Crippen molar-refractivity contribution in [1.29, 1.82) is 0 Å². The molecular weight excluding hydrogens is 574 g/mol. The summed E-state index contributed by atoms with van der Waals surface area (Å²) in [5, 5.41) is 0. The van der Waals surface area contributed by atoms with Gasteiger partial charge in [-0.1, -0.05) is 56.1 Å². The fraction of sp³-hybridized carbons (Fsp3) is 0.250. The highest BCUT2D eigenvalue weighted by molar-refractivity contribution is 9.10. The average molecular weight is 596 g/mol. The van der Waals surface area contributed by atoms with Crippen LogP contribution in [0.2, 0.25) is 0 Å². The van der Waals surface area contributed by atoms with E-state index >= 15 is 0 Å². The third-order valence-corrected chi connectivity index (χ3v) is 6.98. The molecule has 5 rings (SSSR count). The Bertz CT molecular complexity index is 988. The molecule has 0 aliphatic carbocycles. The molecule has 0 bridgehead atoms. The summed E-state index contributed by atoms with van der Waals surface area (Å²) >= 11 is 7.12. The van der Waals surface area contributed by atoms with E-state index in [0.717, 1.165) is 57.5 Å². The van der Waals surface area contributed by atoms with Gasteiger partial charge in [0.25, 0.3) is 0 Å². The molecule has 156 valence electrons. The third kappa shape index (κ3) is 4.62.